The maximum Gasteiger partial charge on any atom is 0.267 e. The topological polar surface area (TPSA) is 57.9 Å². The van der Waals surface area contributed by atoms with Gasteiger partial charge in [0.1, 0.15) is 15.8 Å². The van der Waals surface area contributed by atoms with Crippen molar-refractivity contribution in [1.82, 2.24) is 14.3 Å². The average molecular weight is 499 g/mol. The van der Waals surface area contributed by atoms with Crippen molar-refractivity contribution in [2.75, 3.05) is 24.5 Å². The molecule has 8 heteroatoms. The third kappa shape index (κ3) is 5.08. The molecule has 0 radical (unpaired) electrons. The van der Waals surface area contributed by atoms with E-state index in [9.17, 15) is 9.59 Å². The van der Waals surface area contributed by atoms with E-state index < -0.39 is 0 Å². The third-order valence-electron chi connectivity index (χ3n) is 6.62. The quantitative estimate of drug-likeness (QED) is 0.295. The monoisotopic (exact) mass is 498 g/mol. The Balaban J connectivity index is 1.76. The lowest BCUT2D eigenvalue weighted by Crippen LogP contribution is -2.40. The van der Waals surface area contributed by atoms with Crippen molar-refractivity contribution in [1.29, 1.82) is 0 Å². The number of hydrogen-bond acceptors (Lipinski definition) is 6. The molecule has 0 spiro atoms. The van der Waals surface area contributed by atoms with Crippen LogP contribution in [-0.4, -0.2) is 44.1 Å². The zero-order chi connectivity index (χ0) is 24.4. The van der Waals surface area contributed by atoms with Crippen LogP contribution in [0.1, 0.15) is 64.0 Å². The predicted molar refractivity (Wildman–Crippen MR) is 145 cm³/mol. The highest BCUT2D eigenvalue weighted by Gasteiger charge is 2.33. The van der Waals surface area contributed by atoms with Gasteiger partial charge >= 0.3 is 0 Å². The highest BCUT2D eigenvalue weighted by Crippen LogP contribution is 2.35. The van der Waals surface area contributed by atoms with E-state index in [0.29, 0.717) is 44.6 Å². The molecule has 0 bridgehead atoms. The second-order valence-electron chi connectivity index (χ2n) is 9.78. The van der Waals surface area contributed by atoms with Crippen LogP contribution in [0.25, 0.3) is 11.7 Å². The van der Waals surface area contributed by atoms with Crippen LogP contribution in [0.15, 0.2) is 28.0 Å². The van der Waals surface area contributed by atoms with E-state index in [1.165, 1.54) is 11.8 Å². The van der Waals surface area contributed by atoms with Gasteiger partial charge in [0, 0.05) is 25.8 Å². The summed E-state index contributed by atoms with van der Waals surface area (Å²) in [5, 5.41) is 0. The molecule has 6 nitrogen and oxygen atoms in total. The molecule has 2 aliphatic heterocycles. The van der Waals surface area contributed by atoms with Gasteiger partial charge in [0.25, 0.3) is 11.5 Å². The van der Waals surface area contributed by atoms with E-state index in [1.54, 1.807) is 21.6 Å². The van der Waals surface area contributed by atoms with Crippen LogP contribution in [0, 0.1) is 18.8 Å². The SMILES string of the molecule is CCCCCCN1C(=O)/C(=C\c2c(N3C[C@H](C)C[C@H](C)C3)nc3c(C)cccn3c2=O)SC1=S. The standard InChI is InChI=1S/C26H34N4O2S2/c1-5-6-7-8-11-30-25(32)21(34-26(30)33)14-20-23(28-15-17(2)13-18(3)16-28)27-22-19(4)10-9-12-29(22)24(20)31/h9-10,12,14,17-18H,5-8,11,13,15-16H2,1-4H3/b21-14+/t17-,18+. The van der Waals surface area contributed by atoms with Gasteiger partial charge in [0.15, 0.2) is 0 Å². The van der Waals surface area contributed by atoms with E-state index in [4.69, 9.17) is 17.2 Å². The Labute approximate surface area is 211 Å². The lowest BCUT2D eigenvalue weighted by atomic mass is 9.91. The van der Waals surface area contributed by atoms with Crippen molar-refractivity contribution >= 4 is 51.7 Å². The number of thiocarbonyl (C=S) groups is 1. The normalized spacial score (nSPS) is 22.4. The van der Waals surface area contributed by atoms with Gasteiger partial charge < -0.3 is 4.90 Å². The number of aryl methyl sites for hydroxylation is 1. The molecule has 0 N–H and O–H groups in total. The van der Waals surface area contributed by atoms with E-state index in [1.807, 2.05) is 19.1 Å². The highest BCUT2D eigenvalue weighted by molar-refractivity contribution is 8.26. The molecule has 2 aromatic rings. The Kier molecular flexibility index (Phi) is 7.77. The molecule has 2 aromatic heterocycles. The Hall–Kier alpha value is -2.19. The number of unbranched alkanes of at least 4 members (excludes halogenated alkanes) is 3. The van der Waals surface area contributed by atoms with E-state index in [-0.39, 0.29) is 11.5 Å². The number of piperidine rings is 1. The Morgan fingerprint density at radius 1 is 1.18 bits per heavy atom. The number of carbonyl (C=O) groups is 1. The second kappa shape index (κ2) is 10.6. The molecule has 4 heterocycles. The predicted octanol–water partition coefficient (Wildman–Crippen LogP) is 5.27. The van der Waals surface area contributed by atoms with Gasteiger partial charge in [-0.2, -0.15) is 0 Å². The van der Waals surface area contributed by atoms with E-state index in [0.717, 1.165) is 50.8 Å². The number of thioether (sulfide) groups is 1. The number of amides is 1. The molecule has 2 aliphatic rings. The summed E-state index contributed by atoms with van der Waals surface area (Å²) in [6.45, 7) is 10.9. The zero-order valence-corrected chi connectivity index (χ0v) is 22.2. The first kappa shape index (κ1) is 24.9. The summed E-state index contributed by atoms with van der Waals surface area (Å²) in [7, 11) is 0. The smallest absolute Gasteiger partial charge is 0.267 e. The summed E-state index contributed by atoms with van der Waals surface area (Å²) >= 11 is 6.81. The first-order chi connectivity index (χ1) is 16.3. The first-order valence-corrected chi connectivity index (χ1v) is 13.5. The molecule has 0 aliphatic carbocycles. The molecule has 2 atom stereocenters. The van der Waals surface area contributed by atoms with Crippen LogP contribution in [0.4, 0.5) is 5.82 Å². The van der Waals surface area contributed by atoms with Gasteiger partial charge in [-0.3, -0.25) is 18.9 Å². The van der Waals surface area contributed by atoms with Gasteiger partial charge in [-0.1, -0.05) is 70.1 Å². The van der Waals surface area contributed by atoms with Crippen LogP contribution < -0.4 is 10.5 Å². The Bertz CT molecular complexity index is 1180. The highest BCUT2D eigenvalue weighted by atomic mass is 32.2. The number of rotatable bonds is 7. The van der Waals surface area contributed by atoms with Crippen LogP contribution in [-0.2, 0) is 4.79 Å². The van der Waals surface area contributed by atoms with Gasteiger partial charge in [-0.25, -0.2) is 4.98 Å². The number of anilines is 1. The summed E-state index contributed by atoms with van der Waals surface area (Å²) in [6.07, 6.45) is 8.95. The first-order valence-electron chi connectivity index (χ1n) is 12.3. The van der Waals surface area contributed by atoms with Crippen molar-refractivity contribution in [3.8, 4) is 0 Å². The largest absolute Gasteiger partial charge is 0.355 e. The van der Waals surface area contributed by atoms with Crippen molar-refractivity contribution in [2.45, 2.75) is 59.8 Å². The fraction of sp³-hybridized carbons (Fsp3) is 0.538. The maximum absolute atomic E-state index is 13.7. The molecular weight excluding hydrogens is 464 g/mol. The minimum atomic E-state index is -0.150. The van der Waals surface area contributed by atoms with Crippen LogP contribution in [0.3, 0.4) is 0 Å². The summed E-state index contributed by atoms with van der Waals surface area (Å²) in [5.41, 5.74) is 1.93. The Morgan fingerprint density at radius 3 is 2.62 bits per heavy atom. The lowest BCUT2D eigenvalue weighted by Gasteiger charge is -2.36. The molecule has 4 rings (SSSR count). The van der Waals surface area contributed by atoms with Gasteiger partial charge in [0.05, 0.1) is 10.5 Å². The number of fused-ring (bicyclic) bond motifs is 1. The number of nitrogens with zero attached hydrogens (tertiary/aromatic N) is 4. The maximum atomic E-state index is 13.7. The third-order valence-corrected chi connectivity index (χ3v) is 7.99. The minimum absolute atomic E-state index is 0.105. The number of hydrogen-bond donors (Lipinski definition) is 0. The molecule has 0 saturated carbocycles. The zero-order valence-electron chi connectivity index (χ0n) is 20.5. The van der Waals surface area contributed by atoms with Crippen LogP contribution >= 0.6 is 24.0 Å². The minimum Gasteiger partial charge on any atom is -0.355 e. The fourth-order valence-corrected chi connectivity index (χ4v) is 6.31. The molecular formula is C26H34N4O2S2. The number of pyridine rings is 1. The summed E-state index contributed by atoms with van der Waals surface area (Å²) in [5.74, 6) is 1.59. The fourth-order valence-electron chi connectivity index (χ4n) is 5.02. The van der Waals surface area contributed by atoms with Crippen molar-refractivity contribution in [3.05, 3.63) is 44.7 Å². The average Bonchev–Trinajstić information content (AvgIpc) is 3.05. The van der Waals surface area contributed by atoms with Crippen molar-refractivity contribution in [3.63, 3.8) is 0 Å². The van der Waals surface area contributed by atoms with Gasteiger partial charge in [-0.15, -0.1) is 0 Å². The summed E-state index contributed by atoms with van der Waals surface area (Å²) < 4.78 is 2.16. The van der Waals surface area contributed by atoms with E-state index in [2.05, 4.69) is 25.7 Å². The molecule has 0 aromatic carbocycles. The van der Waals surface area contributed by atoms with Gasteiger partial charge in [0.2, 0.25) is 0 Å². The number of carbonyl (C=O) groups excluding carboxylic acids is 1. The number of aromatic nitrogens is 2. The molecule has 2 saturated heterocycles. The van der Waals surface area contributed by atoms with Gasteiger partial charge in [-0.05, 0) is 49.3 Å². The molecule has 0 unspecified atom stereocenters. The molecule has 182 valence electrons. The van der Waals surface area contributed by atoms with Crippen LogP contribution in [0.5, 0.6) is 0 Å². The Morgan fingerprint density at radius 2 is 1.91 bits per heavy atom. The summed E-state index contributed by atoms with van der Waals surface area (Å²) in [4.78, 5) is 36.3. The molecule has 1 amide bonds. The lowest BCUT2D eigenvalue weighted by molar-refractivity contribution is -0.122. The molecule has 2 fully saturated rings. The van der Waals surface area contributed by atoms with E-state index >= 15 is 0 Å². The second-order valence-corrected chi connectivity index (χ2v) is 11.5. The van der Waals surface area contributed by atoms with Crippen molar-refractivity contribution in [2.24, 2.45) is 11.8 Å². The molecule has 34 heavy (non-hydrogen) atoms. The van der Waals surface area contributed by atoms with Crippen LogP contribution in [0.2, 0.25) is 0 Å². The van der Waals surface area contributed by atoms with Crippen molar-refractivity contribution < 1.29 is 4.79 Å². The summed E-state index contributed by atoms with van der Waals surface area (Å²) in [6, 6.07) is 3.83.